The molecule has 0 aromatic carbocycles. The minimum Gasteiger partial charge on any atom is -0.462 e. The summed E-state index contributed by atoms with van der Waals surface area (Å²) in [4.78, 5) is 38.1. The normalized spacial score (nSPS) is 13.0. The van der Waals surface area contributed by atoms with E-state index in [0.717, 1.165) is 116 Å². The highest BCUT2D eigenvalue weighted by Crippen LogP contribution is 2.16. The minimum absolute atomic E-state index is 0.110. The average Bonchev–Trinajstić information content (AvgIpc) is 3.44. The molecule has 0 aliphatic rings. The first-order valence-electron chi connectivity index (χ1n) is 32.2. The van der Waals surface area contributed by atoms with Crippen molar-refractivity contribution in [3.63, 3.8) is 0 Å². The molecule has 0 N–H and O–H groups in total. The van der Waals surface area contributed by atoms with Crippen molar-refractivity contribution < 1.29 is 28.6 Å². The lowest BCUT2D eigenvalue weighted by Crippen LogP contribution is -2.30. The van der Waals surface area contributed by atoms with Crippen LogP contribution in [0.15, 0.2) is 134 Å². The predicted octanol–water partition coefficient (Wildman–Crippen LogP) is 22.2. The van der Waals surface area contributed by atoms with Crippen LogP contribution < -0.4 is 0 Å². The second kappa shape index (κ2) is 65.1. The molecule has 0 saturated carbocycles. The van der Waals surface area contributed by atoms with Gasteiger partial charge in [0.1, 0.15) is 13.2 Å². The second-order valence-corrected chi connectivity index (χ2v) is 20.9. The molecule has 0 spiro atoms. The summed E-state index contributed by atoms with van der Waals surface area (Å²) in [5, 5.41) is 0. The zero-order chi connectivity index (χ0) is 56.4. The van der Waals surface area contributed by atoms with Crippen molar-refractivity contribution in [3.05, 3.63) is 134 Å². The van der Waals surface area contributed by atoms with Crippen LogP contribution in [0.2, 0.25) is 0 Å². The smallest absolute Gasteiger partial charge is 0.306 e. The van der Waals surface area contributed by atoms with Gasteiger partial charge in [-0.15, -0.1) is 0 Å². The molecule has 0 aromatic rings. The molecule has 0 aliphatic carbocycles. The van der Waals surface area contributed by atoms with Crippen molar-refractivity contribution in [1.82, 2.24) is 0 Å². The Morgan fingerprint density at radius 2 is 0.526 bits per heavy atom. The zero-order valence-corrected chi connectivity index (χ0v) is 50.6. The molecule has 0 aromatic heterocycles. The van der Waals surface area contributed by atoms with Crippen LogP contribution in [0.1, 0.15) is 284 Å². The first kappa shape index (κ1) is 73.5. The molecule has 0 rings (SSSR count). The van der Waals surface area contributed by atoms with Crippen molar-refractivity contribution in [3.8, 4) is 0 Å². The number of carbonyl (C=O) groups is 3. The number of carbonyl (C=O) groups excluding carboxylic acids is 3. The summed E-state index contributed by atoms with van der Waals surface area (Å²) in [6, 6.07) is 0. The molecule has 0 amide bonds. The molecule has 0 saturated heterocycles. The molecule has 0 radical (unpaired) electrons. The molecular weight excluding hydrogens is 961 g/mol. The van der Waals surface area contributed by atoms with Crippen LogP contribution in [-0.4, -0.2) is 37.2 Å². The van der Waals surface area contributed by atoms with Crippen molar-refractivity contribution in [2.24, 2.45) is 0 Å². The van der Waals surface area contributed by atoms with Gasteiger partial charge in [-0.2, -0.15) is 0 Å². The molecule has 442 valence electrons. The molecule has 1 atom stereocenters. The Morgan fingerprint density at radius 3 is 0.846 bits per heavy atom. The average molecular weight is 1080 g/mol. The van der Waals surface area contributed by atoms with Crippen LogP contribution in [0.3, 0.4) is 0 Å². The maximum atomic E-state index is 12.8. The third kappa shape index (κ3) is 62.4. The number of ether oxygens (including phenoxy) is 3. The fourth-order valence-electron chi connectivity index (χ4n) is 8.63. The lowest BCUT2D eigenvalue weighted by molar-refractivity contribution is -0.166. The highest BCUT2D eigenvalue weighted by Gasteiger charge is 2.19. The highest BCUT2D eigenvalue weighted by molar-refractivity contribution is 5.71. The first-order chi connectivity index (χ1) is 38.5. The highest BCUT2D eigenvalue weighted by atomic mass is 16.6. The van der Waals surface area contributed by atoms with Gasteiger partial charge in [-0.1, -0.05) is 276 Å². The molecule has 78 heavy (non-hydrogen) atoms. The Labute approximate surface area is 481 Å². The van der Waals surface area contributed by atoms with E-state index in [0.29, 0.717) is 19.3 Å². The SMILES string of the molecule is CC/C=C\C/C=C\C/C=C\C/C=C\C/C=C\C/C=C\CCCCCCCCCCCCCCCCCCC(=O)OCC(COC(=O)CCCCCCC/C=C\CCCCC)OC(=O)CC/C=C\C/C=C\C/C=C\C/C=C\CC. The van der Waals surface area contributed by atoms with E-state index in [-0.39, 0.29) is 31.6 Å². The van der Waals surface area contributed by atoms with Gasteiger partial charge in [-0.25, -0.2) is 0 Å². The summed E-state index contributed by atoms with van der Waals surface area (Å²) in [7, 11) is 0. The summed E-state index contributed by atoms with van der Waals surface area (Å²) in [5.41, 5.74) is 0. The van der Waals surface area contributed by atoms with Crippen LogP contribution in [0.25, 0.3) is 0 Å². The van der Waals surface area contributed by atoms with Gasteiger partial charge >= 0.3 is 17.9 Å². The molecule has 0 fully saturated rings. The van der Waals surface area contributed by atoms with Gasteiger partial charge < -0.3 is 14.2 Å². The summed E-state index contributed by atoms with van der Waals surface area (Å²) in [5.74, 6) is -1.00. The van der Waals surface area contributed by atoms with E-state index in [2.05, 4.69) is 142 Å². The Hall–Kier alpha value is -4.45. The zero-order valence-electron chi connectivity index (χ0n) is 50.6. The molecule has 0 heterocycles. The van der Waals surface area contributed by atoms with Gasteiger partial charge in [0.2, 0.25) is 0 Å². The van der Waals surface area contributed by atoms with Crippen LogP contribution in [0.5, 0.6) is 0 Å². The van der Waals surface area contributed by atoms with Gasteiger partial charge in [0.25, 0.3) is 0 Å². The number of hydrogen-bond donors (Lipinski definition) is 0. The summed E-state index contributed by atoms with van der Waals surface area (Å²) in [6.45, 7) is 6.32. The van der Waals surface area contributed by atoms with Gasteiger partial charge in [0.15, 0.2) is 6.10 Å². The molecule has 6 nitrogen and oxygen atoms in total. The lowest BCUT2D eigenvalue weighted by Gasteiger charge is -2.18. The largest absolute Gasteiger partial charge is 0.462 e. The van der Waals surface area contributed by atoms with Crippen molar-refractivity contribution in [1.29, 1.82) is 0 Å². The second-order valence-electron chi connectivity index (χ2n) is 20.9. The van der Waals surface area contributed by atoms with E-state index in [4.69, 9.17) is 14.2 Å². The molecule has 6 heteroatoms. The third-order valence-electron chi connectivity index (χ3n) is 13.4. The molecule has 0 bridgehead atoms. The Bertz CT molecular complexity index is 1670. The fraction of sp³-hybridized carbons (Fsp3) is 0.653. The third-order valence-corrected chi connectivity index (χ3v) is 13.4. The lowest BCUT2D eigenvalue weighted by atomic mass is 10.0. The number of unbranched alkanes of at least 4 members (excludes halogenated alkanes) is 24. The van der Waals surface area contributed by atoms with Crippen molar-refractivity contribution in [2.75, 3.05) is 13.2 Å². The van der Waals surface area contributed by atoms with Crippen LogP contribution in [-0.2, 0) is 28.6 Å². The Kier molecular flexibility index (Phi) is 61.4. The van der Waals surface area contributed by atoms with Crippen molar-refractivity contribution in [2.45, 2.75) is 290 Å². The van der Waals surface area contributed by atoms with Gasteiger partial charge in [-0.05, 0) is 122 Å². The van der Waals surface area contributed by atoms with Gasteiger partial charge in [0.05, 0.1) is 0 Å². The van der Waals surface area contributed by atoms with Crippen molar-refractivity contribution >= 4 is 17.9 Å². The molecule has 1 unspecified atom stereocenters. The number of allylic oxidation sites excluding steroid dienone is 22. The van der Waals surface area contributed by atoms with E-state index in [1.165, 1.54) is 122 Å². The quantitative estimate of drug-likeness (QED) is 0.0261. The first-order valence-corrected chi connectivity index (χ1v) is 32.2. The van der Waals surface area contributed by atoms with Gasteiger partial charge in [0, 0.05) is 19.3 Å². The van der Waals surface area contributed by atoms with E-state index in [9.17, 15) is 14.4 Å². The Morgan fingerprint density at radius 1 is 0.269 bits per heavy atom. The fourth-order valence-corrected chi connectivity index (χ4v) is 8.63. The predicted molar refractivity (Wildman–Crippen MR) is 339 cm³/mol. The van der Waals surface area contributed by atoms with Gasteiger partial charge in [-0.3, -0.25) is 14.4 Å². The topological polar surface area (TPSA) is 78.9 Å². The summed E-state index contributed by atoms with van der Waals surface area (Å²) >= 11 is 0. The summed E-state index contributed by atoms with van der Waals surface area (Å²) in [6.07, 6.45) is 92.1. The standard InChI is InChI=1S/C72H118O6/c1-4-7-10-13-16-19-22-25-26-27-28-29-30-31-32-33-34-35-36-37-38-39-40-41-42-43-44-45-46-48-50-53-56-59-62-65-71(74)77-68-69(67-76-70(73)64-61-58-55-52-49-24-21-18-15-12-9-6-3)78-72(75)66-63-60-57-54-51-47-23-20-17-14-11-8-5-2/h7-8,10-11,16-21,25-26,28-29,31-32,34-35,47,51,57,60,69H,4-6,9,12-15,22-24,27,30,33,36-46,48-50,52-56,58-59,61-68H2,1-3H3/b10-7-,11-8-,19-16-,20-17-,21-18-,26-25-,29-28-,32-31-,35-34-,51-47-,60-57-. The van der Waals surface area contributed by atoms with Crippen LogP contribution >= 0.6 is 0 Å². The number of esters is 3. The van der Waals surface area contributed by atoms with Crippen LogP contribution in [0.4, 0.5) is 0 Å². The molecule has 0 aliphatic heterocycles. The number of rotatable bonds is 57. The molecular formula is C72H118O6. The Balaban J connectivity index is 4.15. The maximum absolute atomic E-state index is 12.8. The van der Waals surface area contributed by atoms with E-state index >= 15 is 0 Å². The van der Waals surface area contributed by atoms with Crippen LogP contribution in [0, 0.1) is 0 Å². The number of hydrogen-bond acceptors (Lipinski definition) is 6. The monoisotopic (exact) mass is 1080 g/mol. The minimum atomic E-state index is -0.821. The summed E-state index contributed by atoms with van der Waals surface area (Å²) < 4.78 is 16.8. The maximum Gasteiger partial charge on any atom is 0.306 e. The van der Waals surface area contributed by atoms with E-state index in [1.807, 2.05) is 12.2 Å². The van der Waals surface area contributed by atoms with E-state index < -0.39 is 12.1 Å². The van der Waals surface area contributed by atoms with E-state index in [1.54, 1.807) is 0 Å².